The number of aromatic carboxylic acids is 1. The van der Waals surface area contributed by atoms with Gasteiger partial charge in [-0.15, -0.1) is 0 Å². The molecule has 1 aromatic rings. The summed E-state index contributed by atoms with van der Waals surface area (Å²) in [6.07, 6.45) is 2.23. The number of anilines is 1. The molecule has 0 amide bonds. The van der Waals surface area contributed by atoms with Crippen molar-refractivity contribution in [3.63, 3.8) is 0 Å². The Labute approximate surface area is 118 Å². The van der Waals surface area contributed by atoms with Crippen LogP contribution in [0.3, 0.4) is 0 Å². The Kier molecular flexibility index (Phi) is 4.32. The number of rotatable bonds is 3. The topological polar surface area (TPSA) is 43.8 Å². The van der Waals surface area contributed by atoms with Crippen LogP contribution in [0.1, 0.15) is 23.2 Å². The summed E-state index contributed by atoms with van der Waals surface area (Å²) in [5.74, 6) is -0.926. The first-order chi connectivity index (χ1) is 8.99. The van der Waals surface area contributed by atoms with E-state index in [1.165, 1.54) is 6.07 Å². The number of hydrogen-bond donors (Lipinski definition) is 1. The summed E-state index contributed by atoms with van der Waals surface area (Å²) in [5.41, 5.74) is 1.05. The fraction of sp³-hybridized carbons (Fsp3) is 0.500. The maximum atomic E-state index is 11.3. The maximum Gasteiger partial charge on any atom is 0.337 e. The molecule has 1 atom stereocenters. The van der Waals surface area contributed by atoms with Crippen molar-refractivity contribution >= 4 is 23.3 Å². The standard InChI is InChI=1S/C14H19ClN2O2/c1-16(2)11-4-3-7-17(9-11)13-6-5-10(15)8-12(13)14(18)19/h5-6,8,11H,3-4,7,9H2,1-2H3,(H,18,19). The van der Waals surface area contributed by atoms with E-state index in [0.29, 0.717) is 11.1 Å². The third-order valence-electron chi connectivity index (χ3n) is 3.66. The molecule has 1 aromatic carbocycles. The maximum absolute atomic E-state index is 11.3. The number of nitrogens with zero attached hydrogens (tertiary/aromatic N) is 2. The second kappa shape index (κ2) is 5.80. The van der Waals surface area contributed by atoms with E-state index in [2.05, 4.69) is 23.9 Å². The highest BCUT2D eigenvalue weighted by atomic mass is 35.5. The van der Waals surface area contributed by atoms with Gasteiger partial charge in [0.15, 0.2) is 0 Å². The number of benzene rings is 1. The van der Waals surface area contributed by atoms with Crippen LogP contribution in [-0.4, -0.2) is 49.2 Å². The molecule has 19 heavy (non-hydrogen) atoms. The fourth-order valence-electron chi connectivity index (χ4n) is 2.55. The molecule has 1 fully saturated rings. The van der Waals surface area contributed by atoms with Crippen LogP contribution in [0.15, 0.2) is 18.2 Å². The van der Waals surface area contributed by atoms with Gasteiger partial charge in [-0.1, -0.05) is 11.6 Å². The third kappa shape index (κ3) is 3.19. The molecule has 0 spiro atoms. The molecule has 0 aromatic heterocycles. The smallest absolute Gasteiger partial charge is 0.337 e. The average molecular weight is 283 g/mol. The number of likely N-dealkylation sites (N-methyl/N-ethyl adjacent to an activating group) is 1. The van der Waals surface area contributed by atoms with Gasteiger partial charge in [0.25, 0.3) is 0 Å². The molecular formula is C14H19ClN2O2. The minimum absolute atomic E-state index is 0.284. The van der Waals surface area contributed by atoms with Gasteiger partial charge >= 0.3 is 5.97 Å². The van der Waals surface area contributed by atoms with Gasteiger partial charge in [0.05, 0.1) is 11.3 Å². The van der Waals surface area contributed by atoms with Gasteiger partial charge in [0, 0.05) is 24.2 Å². The second-order valence-electron chi connectivity index (χ2n) is 5.17. The average Bonchev–Trinajstić information content (AvgIpc) is 2.38. The number of halogens is 1. The molecule has 1 heterocycles. The first-order valence-corrected chi connectivity index (χ1v) is 6.81. The highest BCUT2D eigenvalue weighted by Gasteiger charge is 2.24. The van der Waals surface area contributed by atoms with Gasteiger partial charge in [-0.3, -0.25) is 0 Å². The van der Waals surface area contributed by atoms with Crippen molar-refractivity contribution in [3.8, 4) is 0 Å². The van der Waals surface area contributed by atoms with E-state index in [0.717, 1.165) is 31.6 Å². The molecule has 0 aliphatic carbocycles. The first-order valence-electron chi connectivity index (χ1n) is 6.43. The van der Waals surface area contributed by atoms with Crippen molar-refractivity contribution in [1.29, 1.82) is 0 Å². The molecule has 1 aliphatic rings. The zero-order chi connectivity index (χ0) is 14.0. The van der Waals surface area contributed by atoms with Crippen LogP contribution in [0.2, 0.25) is 5.02 Å². The highest BCUT2D eigenvalue weighted by Crippen LogP contribution is 2.27. The predicted octanol–water partition coefficient (Wildman–Crippen LogP) is 2.57. The van der Waals surface area contributed by atoms with Crippen molar-refractivity contribution in [2.24, 2.45) is 0 Å². The van der Waals surface area contributed by atoms with Gasteiger partial charge in [-0.2, -0.15) is 0 Å². The molecule has 1 aliphatic heterocycles. The summed E-state index contributed by atoms with van der Waals surface area (Å²) in [5, 5.41) is 9.76. The van der Waals surface area contributed by atoms with Crippen molar-refractivity contribution in [2.45, 2.75) is 18.9 Å². The Morgan fingerprint density at radius 2 is 2.21 bits per heavy atom. The van der Waals surface area contributed by atoms with Crippen molar-refractivity contribution in [1.82, 2.24) is 4.90 Å². The molecule has 0 saturated carbocycles. The summed E-state index contributed by atoms with van der Waals surface area (Å²) in [7, 11) is 4.13. The number of piperidine rings is 1. The van der Waals surface area contributed by atoms with Crippen LogP contribution in [0.5, 0.6) is 0 Å². The SMILES string of the molecule is CN(C)C1CCCN(c2ccc(Cl)cc2C(=O)O)C1. The van der Waals surface area contributed by atoms with Crippen molar-refractivity contribution in [3.05, 3.63) is 28.8 Å². The van der Waals surface area contributed by atoms with E-state index >= 15 is 0 Å². The molecule has 1 saturated heterocycles. The first kappa shape index (κ1) is 14.2. The van der Waals surface area contributed by atoms with Gasteiger partial charge in [-0.05, 0) is 45.1 Å². The lowest BCUT2D eigenvalue weighted by Gasteiger charge is -2.38. The van der Waals surface area contributed by atoms with E-state index in [1.807, 2.05) is 6.07 Å². The van der Waals surface area contributed by atoms with Gasteiger partial charge in [0.2, 0.25) is 0 Å². The summed E-state index contributed by atoms with van der Waals surface area (Å²) in [6.45, 7) is 1.75. The quantitative estimate of drug-likeness (QED) is 0.925. The molecule has 1 unspecified atom stereocenters. The van der Waals surface area contributed by atoms with Gasteiger partial charge in [-0.25, -0.2) is 4.79 Å². The van der Waals surface area contributed by atoms with Crippen LogP contribution in [0.25, 0.3) is 0 Å². The van der Waals surface area contributed by atoms with E-state index in [9.17, 15) is 9.90 Å². The van der Waals surface area contributed by atoms with Crippen LogP contribution < -0.4 is 4.90 Å². The lowest BCUT2D eigenvalue weighted by molar-refractivity contribution is 0.0697. The molecule has 1 N–H and O–H groups in total. The van der Waals surface area contributed by atoms with Gasteiger partial charge < -0.3 is 14.9 Å². The predicted molar refractivity (Wildman–Crippen MR) is 77.3 cm³/mol. The lowest BCUT2D eigenvalue weighted by Crippen LogP contribution is -2.45. The van der Waals surface area contributed by atoms with Gasteiger partial charge in [0.1, 0.15) is 0 Å². The Balaban J connectivity index is 2.28. The summed E-state index contributed by atoms with van der Waals surface area (Å²) in [6, 6.07) is 5.55. The molecule has 4 nitrogen and oxygen atoms in total. The minimum atomic E-state index is -0.926. The monoisotopic (exact) mass is 282 g/mol. The molecule has 5 heteroatoms. The highest BCUT2D eigenvalue weighted by molar-refractivity contribution is 6.31. The van der Waals surface area contributed by atoms with Crippen molar-refractivity contribution < 1.29 is 9.90 Å². The lowest BCUT2D eigenvalue weighted by atomic mass is 10.0. The number of carboxylic acids is 1. The minimum Gasteiger partial charge on any atom is -0.478 e. The second-order valence-corrected chi connectivity index (χ2v) is 5.61. The Bertz CT molecular complexity index is 477. The van der Waals surface area contributed by atoms with E-state index in [1.54, 1.807) is 6.07 Å². The van der Waals surface area contributed by atoms with Crippen LogP contribution in [0, 0.1) is 0 Å². The molecular weight excluding hydrogens is 264 g/mol. The zero-order valence-corrected chi connectivity index (χ0v) is 12.0. The van der Waals surface area contributed by atoms with Crippen molar-refractivity contribution in [2.75, 3.05) is 32.1 Å². The van der Waals surface area contributed by atoms with E-state index in [-0.39, 0.29) is 5.56 Å². The fourth-order valence-corrected chi connectivity index (χ4v) is 2.72. The molecule has 0 bridgehead atoms. The molecule has 2 rings (SSSR count). The zero-order valence-electron chi connectivity index (χ0n) is 11.3. The van der Waals surface area contributed by atoms with E-state index < -0.39 is 5.97 Å². The third-order valence-corrected chi connectivity index (χ3v) is 3.89. The largest absolute Gasteiger partial charge is 0.478 e. The van der Waals surface area contributed by atoms with Crippen LogP contribution in [0.4, 0.5) is 5.69 Å². The molecule has 104 valence electrons. The number of carboxylic acid groups (broad SMARTS) is 1. The normalized spacial score (nSPS) is 19.8. The summed E-state index contributed by atoms with van der Waals surface area (Å²) >= 11 is 5.89. The van der Waals surface area contributed by atoms with Crippen LogP contribution in [-0.2, 0) is 0 Å². The summed E-state index contributed by atoms with van der Waals surface area (Å²) in [4.78, 5) is 15.7. The molecule has 0 radical (unpaired) electrons. The Morgan fingerprint density at radius 1 is 1.47 bits per heavy atom. The van der Waals surface area contributed by atoms with E-state index in [4.69, 9.17) is 11.6 Å². The Hall–Kier alpha value is -1.26. The van der Waals surface area contributed by atoms with Crippen LogP contribution >= 0.6 is 11.6 Å². The number of carbonyl (C=O) groups is 1. The summed E-state index contributed by atoms with van der Waals surface area (Å²) < 4.78 is 0. The number of hydrogen-bond acceptors (Lipinski definition) is 3. The Morgan fingerprint density at radius 3 is 2.84 bits per heavy atom.